The first-order valence-corrected chi connectivity index (χ1v) is 9.12. The Morgan fingerprint density at radius 1 is 0.759 bits per heavy atom. The molecule has 0 saturated carbocycles. The van der Waals surface area contributed by atoms with Crippen molar-refractivity contribution in [3.8, 4) is 28.3 Å². The molecule has 0 bridgehead atoms. The number of nitrogens with one attached hydrogen (secondary N) is 1. The number of hydrazone groups is 1. The van der Waals surface area contributed by atoms with Crippen LogP contribution in [0, 0.1) is 0 Å². The summed E-state index contributed by atoms with van der Waals surface area (Å²) in [5, 5.41) is 12.8. The average molecular weight is 381 g/mol. The van der Waals surface area contributed by atoms with Crippen LogP contribution in [-0.2, 0) is 0 Å². The maximum absolute atomic E-state index is 5.16. The smallest absolute Gasteiger partial charge is 0.263 e. The van der Waals surface area contributed by atoms with E-state index in [2.05, 4.69) is 25.7 Å². The van der Waals surface area contributed by atoms with E-state index in [4.69, 9.17) is 4.74 Å². The first-order chi connectivity index (χ1) is 14.3. The van der Waals surface area contributed by atoms with Gasteiger partial charge in [-0.05, 0) is 29.8 Å². The fourth-order valence-corrected chi connectivity index (χ4v) is 2.82. The van der Waals surface area contributed by atoms with Crippen molar-refractivity contribution in [1.82, 2.24) is 15.2 Å². The van der Waals surface area contributed by atoms with E-state index in [9.17, 15) is 0 Å². The van der Waals surface area contributed by atoms with Gasteiger partial charge in [0.15, 0.2) is 0 Å². The van der Waals surface area contributed by atoms with Crippen molar-refractivity contribution in [2.45, 2.75) is 0 Å². The number of nitrogens with zero attached hydrogens (tertiary/aromatic N) is 4. The van der Waals surface area contributed by atoms with Gasteiger partial charge in [0.2, 0.25) is 0 Å². The molecule has 3 aromatic carbocycles. The SMILES string of the molecule is COc1ccc(C=NNc2nnc(-c3ccccc3)c(-c3ccccc3)n2)cc1. The zero-order valence-corrected chi connectivity index (χ0v) is 15.9. The van der Waals surface area contributed by atoms with Gasteiger partial charge < -0.3 is 4.74 Å². The van der Waals surface area contributed by atoms with Crippen molar-refractivity contribution in [1.29, 1.82) is 0 Å². The largest absolute Gasteiger partial charge is 0.497 e. The molecule has 6 heteroatoms. The van der Waals surface area contributed by atoms with Crippen LogP contribution in [0.4, 0.5) is 5.95 Å². The van der Waals surface area contributed by atoms with E-state index >= 15 is 0 Å². The highest BCUT2D eigenvalue weighted by atomic mass is 16.5. The number of hydrogen-bond donors (Lipinski definition) is 1. The number of aromatic nitrogens is 3. The summed E-state index contributed by atoms with van der Waals surface area (Å²) in [6, 6.07) is 27.4. The van der Waals surface area contributed by atoms with Crippen molar-refractivity contribution in [3.05, 3.63) is 90.5 Å². The maximum atomic E-state index is 5.16. The number of methoxy groups -OCH3 is 1. The predicted octanol–water partition coefficient (Wildman–Crippen LogP) is 4.66. The lowest BCUT2D eigenvalue weighted by atomic mass is 10.0. The molecule has 0 unspecified atom stereocenters. The predicted molar refractivity (Wildman–Crippen MR) is 115 cm³/mol. The summed E-state index contributed by atoms with van der Waals surface area (Å²) in [5.41, 5.74) is 7.18. The Morgan fingerprint density at radius 3 is 2.00 bits per heavy atom. The molecule has 0 aliphatic carbocycles. The summed E-state index contributed by atoms with van der Waals surface area (Å²) in [4.78, 5) is 4.66. The van der Waals surface area contributed by atoms with Crippen LogP contribution in [0.5, 0.6) is 5.75 Å². The Hall–Kier alpha value is -4.06. The molecule has 0 fully saturated rings. The fourth-order valence-electron chi connectivity index (χ4n) is 2.82. The van der Waals surface area contributed by atoms with Crippen molar-refractivity contribution < 1.29 is 4.74 Å². The highest BCUT2D eigenvalue weighted by Gasteiger charge is 2.13. The van der Waals surface area contributed by atoms with Gasteiger partial charge in [-0.2, -0.15) is 5.10 Å². The molecule has 0 atom stereocenters. The van der Waals surface area contributed by atoms with Gasteiger partial charge in [-0.25, -0.2) is 10.4 Å². The van der Waals surface area contributed by atoms with Crippen molar-refractivity contribution in [2.24, 2.45) is 5.10 Å². The first-order valence-electron chi connectivity index (χ1n) is 9.12. The van der Waals surface area contributed by atoms with Crippen LogP contribution in [0.2, 0.25) is 0 Å². The van der Waals surface area contributed by atoms with E-state index in [-0.39, 0.29) is 0 Å². The van der Waals surface area contributed by atoms with Crippen molar-refractivity contribution >= 4 is 12.2 Å². The number of ether oxygens (including phenoxy) is 1. The Balaban J connectivity index is 1.62. The minimum atomic E-state index is 0.327. The zero-order valence-electron chi connectivity index (χ0n) is 15.9. The second-order valence-corrected chi connectivity index (χ2v) is 6.21. The fraction of sp³-hybridized carbons (Fsp3) is 0.0435. The molecule has 0 radical (unpaired) electrons. The van der Waals surface area contributed by atoms with Gasteiger partial charge in [-0.1, -0.05) is 60.7 Å². The minimum absolute atomic E-state index is 0.327. The molecule has 1 aromatic heterocycles. The van der Waals surface area contributed by atoms with E-state index in [1.807, 2.05) is 84.9 Å². The third-order valence-corrected chi connectivity index (χ3v) is 4.28. The lowest BCUT2D eigenvalue weighted by Gasteiger charge is -2.09. The quantitative estimate of drug-likeness (QED) is 0.388. The lowest BCUT2D eigenvalue weighted by molar-refractivity contribution is 0.415. The molecule has 0 saturated heterocycles. The number of rotatable bonds is 6. The molecule has 0 aliphatic heterocycles. The molecule has 0 spiro atoms. The summed E-state index contributed by atoms with van der Waals surface area (Å²) in [6.45, 7) is 0. The summed E-state index contributed by atoms with van der Waals surface area (Å²) >= 11 is 0. The normalized spacial score (nSPS) is 10.8. The molecule has 4 rings (SSSR count). The number of benzene rings is 3. The second-order valence-electron chi connectivity index (χ2n) is 6.21. The van der Waals surface area contributed by atoms with Gasteiger partial charge in [0.1, 0.15) is 17.1 Å². The monoisotopic (exact) mass is 381 g/mol. The maximum Gasteiger partial charge on any atom is 0.263 e. The van der Waals surface area contributed by atoms with Gasteiger partial charge in [0, 0.05) is 11.1 Å². The third kappa shape index (κ3) is 4.44. The van der Waals surface area contributed by atoms with E-state index in [0.717, 1.165) is 33.8 Å². The van der Waals surface area contributed by atoms with Crippen LogP contribution < -0.4 is 10.2 Å². The molecular formula is C23H19N5O. The van der Waals surface area contributed by atoms with Crippen molar-refractivity contribution in [2.75, 3.05) is 12.5 Å². The Bertz CT molecular complexity index is 1100. The van der Waals surface area contributed by atoms with Crippen molar-refractivity contribution in [3.63, 3.8) is 0 Å². The van der Waals surface area contributed by atoms with Gasteiger partial charge in [0.25, 0.3) is 5.95 Å². The van der Waals surface area contributed by atoms with Crippen LogP contribution in [-0.4, -0.2) is 28.5 Å². The van der Waals surface area contributed by atoms with Crippen LogP contribution >= 0.6 is 0 Å². The van der Waals surface area contributed by atoms with E-state index in [1.165, 1.54) is 0 Å². The molecular weight excluding hydrogens is 362 g/mol. The molecule has 4 aromatic rings. The van der Waals surface area contributed by atoms with E-state index < -0.39 is 0 Å². The van der Waals surface area contributed by atoms with Gasteiger partial charge in [-0.3, -0.25) is 0 Å². The van der Waals surface area contributed by atoms with E-state index in [1.54, 1.807) is 13.3 Å². The average Bonchev–Trinajstić information content (AvgIpc) is 2.80. The van der Waals surface area contributed by atoms with Crippen LogP contribution in [0.1, 0.15) is 5.56 Å². The van der Waals surface area contributed by atoms with Gasteiger partial charge in [0.05, 0.1) is 13.3 Å². The second kappa shape index (κ2) is 8.75. The Labute approximate surface area is 168 Å². The van der Waals surface area contributed by atoms with Gasteiger partial charge >= 0.3 is 0 Å². The van der Waals surface area contributed by atoms with Gasteiger partial charge in [-0.15, -0.1) is 10.2 Å². The third-order valence-electron chi connectivity index (χ3n) is 4.28. The molecule has 1 N–H and O–H groups in total. The molecule has 29 heavy (non-hydrogen) atoms. The minimum Gasteiger partial charge on any atom is -0.497 e. The summed E-state index contributed by atoms with van der Waals surface area (Å²) < 4.78 is 5.16. The van der Waals surface area contributed by atoms with Crippen LogP contribution in [0.3, 0.4) is 0 Å². The molecule has 6 nitrogen and oxygen atoms in total. The summed E-state index contributed by atoms with van der Waals surface area (Å²) in [6.07, 6.45) is 1.69. The highest BCUT2D eigenvalue weighted by molar-refractivity contribution is 5.80. The highest BCUT2D eigenvalue weighted by Crippen LogP contribution is 2.28. The standard InChI is InChI=1S/C23H19N5O/c1-29-20-14-12-17(13-15-20)16-24-27-23-25-21(18-8-4-2-5-9-18)22(26-28-23)19-10-6-3-7-11-19/h2-16H,1H3,(H,25,27,28). The summed E-state index contributed by atoms with van der Waals surface area (Å²) in [7, 11) is 1.64. The number of anilines is 1. The van der Waals surface area contributed by atoms with E-state index in [0.29, 0.717) is 5.95 Å². The molecule has 142 valence electrons. The molecule has 1 heterocycles. The summed E-state index contributed by atoms with van der Waals surface area (Å²) in [5.74, 6) is 1.12. The molecule has 0 aliphatic rings. The van der Waals surface area contributed by atoms with Crippen LogP contribution in [0.15, 0.2) is 90.0 Å². The Kier molecular flexibility index (Phi) is 5.53. The number of hydrogen-bond acceptors (Lipinski definition) is 6. The lowest BCUT2D eigenvalue weighted by Crippen LogP contribution is -2.03. The van der Waals surface area contributed by atoms with Crippen LogP contribution in [0.25, 0.3) is 22.5 Å². The molecule has 0 amide bonds. The zero-order chi connectivity index (χ0) is 19.9. The topological polar surface area (TPSA) is 72.3 Å². The Morgan fingerprint density at radius 2 is 1.38 bits per heavy atom. The first kappa shape index (κ1) is 18.3.